The van der Waals surface area contributed by atoms with Crippen LogP contribution >= 0.6 is 0 Å². The Bertz CT molecular complexity index is 350. The molecule has 0 heterocycles. The average molecular weight is 223 g/mol. The molecule has 3 N–H and O–H groups in total. The number of rotatable bonds is 4. The number of hydrogen-bond donors (Lipinski definition) is 3. The molecule has 1 amide bonds. The van der Waals surface area contributed by atoms with Crippen molar-refractivity contribution in [2.75, 3.05) is 5.32 Å². The number of hydrogen-bond acceptors (Lipinski definition) is 4. The van der Waals surface area contributed by atoms with Crippen LogP contribution in [0.3, 0.4) is 0 Å². The molecule has 0 aliphatic rings. The predicted molar refractivity (Wildman–Crippen MR) is 60.7 cm³/mol. The Hall–Kier alpha value is -1.53. The van der Waals surface area contributed by atoms with Crippen LogP contribution in [0.5, 0.6) is 5.75 Å². The van der Waals surface area contributed by atoms with Gasteiger partial charge in [0.05, 0.1) is 0 Å². The minimum atomic E-state index is -1.84. The molecule has 0 aliphatic carbocycles. The molecule has 0 atom stereocenters. The van der Waals surface area contributed by atoms with Gasteiger partial charge in [0.25, 0.3) is 0 Å². The van der Waals surface area contributed by atoms with Gasteiger partial charge in [-0.25, -0.2) is 0 Å². The standard InChI is InChI=1S/C10H14BNO4/c1-7(2)10(13)12-8-3-5-9(6-4-8)16-11(14)15/h3-7,14-15H,1-2H3,(H,12,13). The fourth-order valence-corrected chi connectivity index (χ4v) is 1.03. The van der Waals surface area contributed by atoms with E-state index in [0.29, 0.717) is 11.4 Å². The van der Waals surface area contributed by atoms with Crippen LogP contribution in [0.1, 0.15) is 13.8 Å². The highest BCUT2D eigenvalue weighted by molar-refractivity contribution is 6.33. The molecule has 0 fully saturated rings. The zero-order valence-corrected chi connectivity index (χ0v) is 9.18. The number of carbonyl (C=O) groups excluding carboxylic acids is 1. The van der Waals surface area contributed by atoms with Crippen LogP contribution in [0.4, 0.5) is 5.69 Å². The molecule has 0 spiro atoms. The molecule has 0 aromatic heterocycles. The summed E-state index contributed by atoms with van der Waals surface area (Å²) in [5, 5.41) is 19.8. The SMILES string of the molecule is CC(C)C(=O)Nc1ccc(OB(O)O)cc1. The second-order valence-corrected chi connectivity index (χ2v) is 3.61. The van der Waals surface area contributed by atoms with Gasteiger partial charge < -0.3 is 20.0 Å². The molecule has 0 bridgehead atoms. The van der Waals surface area contributed by atoms with E-state index in [1.54, 1.807) is 26.0 Å². The van der Waals surface area contributed by atoms with Crippen LogP contribution in [0.2, 0.25) is 0 Å². The lowest BCUT2D eigenvalue weighted by Crippen LogP contribution is -2.20. The summed E-state index contributed by atoms with van der Waals surface area (Å²) in [6, 6.07) is 6.32. The maximum atomic E-state index is 11.4. The first-order chi connectivity index (χ1) is 7.49. The zero-order valence-electron chi connectivity index (χ0n) is 9.18. The van der Waals surface area contributed by atoms with Gasteiger partial charge in [0, 0.05) is 11.6 Å². The third-order valence-corrected chi connectivity index (χ3v) is 1.89. The van der Waals surface area contributed by atoms with E-state index < -0.39 is 7.32 Å². The van der Waals surface area contributed by atoms with Gasteiger partial charge in [0.2, 0.25) is 5.91 Å². The van der Waals surface area contributed by atoms with Crippen LogP contribution in [0.15, 0.2) is 24.3 Å². The normalized spacial score (nSPS) is 10.1. The van der Waals surface area contributed by atoms with Crippen molar-refractivity contribution in [3.63, 3.8) is 0 Å². The quantitative estimate of drug-likeness (QED) is 0.654. The van der Waals surface area contributed by atoms with E-state index in [2.05, 4.69) is 9.97 Å². The fourth-order valence-electron chi connectivity index (χ4n) is 1.03. The largest absolute Gasteiger partial charge is 0.707 e. The summed E-state index contributed by atoms with van der Waals surface area (Å²) in [7, 11) is -1.84. The number of nitrogens with one attached hydrogen (secondary N) is 1. The first kappa shape index (κ1) is 12.5. The van der Waals surface area contributed by atoms with Crippen LogP contribution in [-0.2, 0) is 4.79 Å². The summed E-state index contributed by atoms with van der Waals surface area (Å²) in [6.07, 6.45) is 0. The van der Waals surface area contributed by atoms with Crippen molar-refractivity contribution in [3.05, 3.63) is 24.3 Å². The molecule has 86 valence electrons. The van der Waals surface area contributed by atoms with E-state index >= 15 is 0 Å². The van der Waals surface area contributed by atoms with Gasteiger partial charge in [0.15, 0.2) is 0 Å². The van der Waals surface area contributed by atoms with Gasteiger partial charge in [-0.1, -0.05) is 13.8 Å². The molecule has 1 aromatic carbocycles. The van der Waals surface area contributed by atoms with E-state index in [4.69, 9.17) is 10.0 Å². The van der Waals surface area contributed by atoms with E-state index in [1.807, 2.05) is 0 Å². The Morgan fingerprint density at radius 3 is 2.31 bits per heavy atom. The lowest BCUT2D eigenvalue weighted by molar-refractivity contribution is -0.118. The lowest BCUT2D eigenvalue weighted by Gasteiger charge is -2.09. The fraction of sp³-hybridized carbons (Fsp3) is 0.300. The van der Waals surface area contributed by atoms with E-state index in [-0.39, 0.29) is 11.8 Å². The highest BCUT2D eigenvalue weighted by Crippen LogP contribution is 2.16. The smallest absolute Gasteiger partial charge is 0.512 e. The average Bonchev–Trinajstić information content (AvgIpc) is 2.20. The van der Waals surface area contributed by atoms with Crippen molar-refractivity contribution in [3.8, 4) is 5.75 Å². The molecule has 1 aromatic rings. The lowest BCUT2D eigenvalue weighted by atomic mass is 10.2. The topological polar surface area (TPSA) is 78.8 Å². The summed E-state index contributed by atoms with van der Waals surface area (Å²) in [5.41, 5.74) is 0.637. The van der Waals surface area contributed by atoms with Crippen molar-refractivity contribution in [1.82, 2.24) is 0 Å². The number of carbonyl (C=O) groups is 1. The minimum Gasteiger partial charge on any atom is -0.512 e. The van der Waals surface area contributed by atoms with Gasteiger partial charge in [-0.2, -0.15) is 0 Å². The van der Waals surface area contributed by atoms with Crippen LogP contribution in [0, 0.1) is 5.92 Å². The maximum Gasteiger partial charge on any atom is 0.707 e. The molecule has 0 unspecified atom stereocenters. The van der Waals surface area contributed by atoms with Gasteiger partial charge in [-0.3, -0.25) is 4.79 Å². The van der Waals surface area contributed by atoms with Gasteiger partial charge in [-0.05, 0) is 24.3 Å². The van der Waals surface area contributed by atoms with Gasteiger partial charge >= 0.3 is 7.32 Å². The number of anilines is 1. The second kappa shape index (κ2) is 5.53. The van der Waals surface area contributed by atoms with E-state index in [9.17, 15) is 4.79 Å². The first-order valence-corrected chi connectivity index (χ1v) is 4.93. The molecule has 0 radical (unpaired) electrons. The van der Waals surface area contributed by atoms with Crippen molar-refractivity contribution < 1.29 is 19.5 Å². The monoisotopic (exact) mass is 223 g/mol. The summed E-state index contributed by atoms with van der Waals surface area (Å²) in [6.45, 7) is 3.60. The van der Waals surface area contributed by atoms with E-state index in [0.717, 1.165) is 0 Å². The third-order valence-electron chi connectivity index (χ3n) is 1.89. The molecule has 0 aliphatic heterocycles. The molecule has 0 saturated carbocycles. The molecule has 5 nitrogen and oxygen atoms in total. The highest BCUT2D eigenvalue weighted by atomic mass is 16.6. The molecule has 6 heteroatoms. The van der Waals surface area contributed by atoms with Crippen LogP contribution < -0.4 is 9.97 Å². The summed E-state index contributed by atoms with van der Waals surface area (Å²) >= 11 is 0. The van der Waals surface area contributed by atoms with Crippen LogP contribution in [-0.4, -0.2) is 23.3 Å². The van der Waals surface area contributed by atoms with Crippen molar-refractivity contribution in [1.29, 1.82) is 0 Å². The number of amides is 1. The molecular formula is C10H14BNO4. The maximum absolute atomic E-state index is 11.4. The Labute approximate surface area is 94.2 Å². The highest BCUT2D eigenvalue weighted by Gasteiger charge is 2.11. The Morgan fingerprint density at radius 1 is 1.31 bits per heavy atom. The zero-order chi connectivity index (χ0) is 12.1. The summed E-state index contributed by atoms with van der Waals surface area (Å²) in [4.78, 5) is 11.4. The van der Waals surface area contributed by atoms with Crippen molar-refractivity contribution in [2.24, 2.45) is 5.92 Å². The Balaban J connectivity index is 2.61. The second-order valence-electron chi connectivity index (χ2n) is 3.61. The van der Waals surface area contributed by atoms with Crippen molar-refractivity contribution >= 4 is 18.9 Å². The summed E-state index contributed by atoms with van der Waals surface area (Å²) in [5.74, 6) is 0.156. The number of benzene rings is 1. The minimum absolute atomic E-state index is 0.0733. The van der Waals surface area contributed by atoms with E-state index in [1.165, 1.54) is 12.1 Å². The first-order valence-electron chi connectivity index (χ1n) is 4.93. The van der Waals surface area contributed by atoms with Gasteiger partial charge in [-0.15, -0.1) is 0 Å². The molecule has 1 rings (SSSR count). The Morgan fingerprint density at radius 2 is 1.88 bits per heavy atom. The predicted octanol–water partition coefficient (Wildman–Crippen LogP) is 0.629. The molecular weight excluding hydrogens is 209 g/mol. The molecule has 0 saturated heterocycles. The van der Waals surface area contributed by atoms with Crippen molar-refractivity contribution in [2.45, 2.75) is 13.8 Å². The Kier molecular flexibility index (Phi) is 4.33. The third kappa shape index (κ3) is 3.92. The van der Waals surface area contributed by atoms with Crippen LogP contribution in [0.25, 0.3) is 0 Å². The van der Waals surface area contributed by atoms with Gasteiger partial charge in [0.1, 0.15) is 5.75 Å². The summed E-state index contributed by atoms with van der Waals surface area (Å²) < 4.78 is 4.62. The molecule has 16 heavy (non-hydrogen) atoms.